The van der Waals surface area contributed by atoms with Crippen LogP contribution in [-0.4, -0.2) is 26.7 Å². The van der Waals surface area contributed by atoms with Gasteiger partial charge in [0.2, 0.25) is 5.91 Å². The summed E-state index contributed by atoms with van der Waals surface area (Å²) >= 11 is 5.37. The van der Waals surface area contributed by atoms with Gasteiger partial charge < -0.3 is 5.32 Å². The molecule has 2 aliphatic carbocycles. The third-order valence-electron chi connectivity index (χ3n) is 6.45. The first-order valence-corrected chi connectivity index (χ1v) is 10.4. The van der Waals surface area contributed by atoms with E-state index in [0.717, 1.165) is 23.2 Å². The number of carbonyl (C=O) groups excluding carboxylic acids is 1. The number of hydrogen-bond acceptors (Lipinski definition) is 3. The average molecular weight is 385 g/mol. The number of aromatic nitrogens is 3. The minimum atomic E-state index is 0.100. The molecule has 4 atom stereocenters. The van der Waals surface area contributed by atoms with Crippen molar-refractivity contribution in [3.8, 4) is 11.4 Å². The van der Waals surface area contributed by atoms with Crippen molar-refractivity contribution in [2.24, 2.45) is 17.8 Å². The van der Waals surface area contributed by atoms with Crippen LogP contribution in [0.4, 0.5) is 0 Å². The summed E-state index contributed by atoms with van der Waals surface area (Å²) in [5, 5.41) is 10.5. The number of benzene rings is 1. The first-order chi connectivity index (χ1) is 13.0. The standard InChI is InChI=1S/C21H28N4OS/c1-13-3-6-16(7-4-13)20-23-24-21(27)25(20)10-9-19(26)22-14(2)18-12-15-5-8-17(18)11-15/h3-4,6-7,14-15,17-18H,5,8-12H2,1-2H3,(H,22,26)(H,24,27)/t14-,15-,17-,18-/m0/s1. The molecule has 6 heteroatoms. The molecule has 2 bridgehead atoms. The van der Waals surface area contributed by atoms with Crippen molar-refractivity contribution in [3.63, 3.8) is 0 Å². The van der Waals surface area contributed by atoms with E-state index >= 15 is 0 Å². The van der Waals surface area contributed by atoms with Gasteiger partial charge in [0, 0.05) is 24.6 Å². The molecular formula is C21H28N4OS. The lowest BCUT2D eigenvalue weighted by atomic mass is 9.84. The number of amides is 1. The molecule has 0 unspecified atom stereocenters. The zero-order valence-electron chi connectivity index (χ0n) is 16.1. The summed E-state index contributed by atoms with van der Waals surface area (Å²) in [6.07, 6.45) is 5.81. The van der Waals surface area contributed by atoms with Crippen LogP contribution in [0.3, 0.4) is 0 Å². The highest BCUT2D eigenvalue weighted by Crippen LogP contribution is 2.49. The Kier molecular flexibility index (Phi) is 5.17. The lowest BCUT2D eigenvalue weighted by Crippen LogP contribution is -2.40. The average Bonchev–Trinajstić information content (AvgIpc) is 3.36. The molecule has 27 heavy (non-hydrogen) atoms. The Balaban J connectivity index is 1.37. The minimum absolute atomic E-state index is 0.100. The Morgan fingerprint density at radius 1 is 1.33 bits per heavy atom. The van der Waals surface area contributed by atoms with Gasteiger partial charge in [0.15, 0.2) is 10.6 Å². The quantitative estimate of drug-likeness (QED) is 0.732. The van der Waals surface area contributed by atoms with Gasteiger partial charge >= 0.3 is 0 Å². The van der Waals surface area contributed by atoms with Crippen molar-refractivity contribution < 1.29 is 4.79 Å². The van der Waals surface area contributed by atoms with Crippen LogP contribution in [0.2, 0.25) is 0 Å². The van der Waals surface area contributed by atoms with E-state index in [0.29, 0.717) is 23.7 Å². The Hall–Kier alpha value is -1.95. The number of aromatic amines is 1. The fraction of sp³-hybridized carbons (Fsp3) is 0.571. The summed E-state index contributed by atoms with van der Waals surface area (Å²) < 4.78 is 2.47. The number of nitrogens with zero attached hydrogens (tertiary/aromatic N) is 2. The summed E-state index contributed by atoms with van der Waals surface area (Å²) in [6, 6.07) is 8.45. The number of H-pyrrole nitrogens is 1. The molecule has 0 aliphatic heterocycles. The smallest absolute Gasteiger partial charge is 0.222 e. The van der Waals surface area contributed by atoms with Gasteiger partial charge in [-0.1, -0.05) is 36.2 Å². The van der Waals surface area contributed by atoms with Crippen LogP contribution in [0.5, 0.6) is 0 Å². The van der Waals surface area contributed by atoms with Gasteiger partial charge in [-0.25, -0.2) is 0 Å². The third kappa shape index (κ3) is 3.86. The zero-order valence-corrected chi connectivity index (χ0v) is 16.9. The van der Waals surface area contributed by atoms with E-state index in [1.165, 1.54) is 31.2 Å². The highest BCUT2D eigenvalue weighted by atomic mass is 32.1. The maximum absolute atomic E-state index is 12.5. The Morgan fingerprint density at radius 2 is 2.11 bits per heavy atom. The van der Waals surface area contributed by atoms with E-state index < -0.39 is 0 Å². The first kappa shape index (κ1) is 18.4. The van der Waals surface area contributed by atoms with Gasteiger partial charge in [-0.3, -0.25) is 14.5 Å². The summed E-state index contributed by atoms with van der Waals surface area (Å²) in [5.41, 5.74) is 2.21. The zero-order chi connectivity index (χ0) is 19.0. The predicted octanol–water partition coefficient (Wildman–Crippen LogP) is 4.25. The normalized spacial score (nSPS) is 24.9. The van der Waals surface area contributed by atoms with Crippen molar-refractivity contribution in [1.82, 2.24) is 20.1 Å². The molecule has 4 rings (SSSR count). The van der Waals surface area contributed by atoms with Crippen molar-refractivity contribution in [2.75, 3.05) is 0 Å². The first-order valence-electron chi connectivity index (χ1n) is 10.0. The van der Waals surface area contributed by atoms with Gasteiger partial charge in [0.05, 0.1) is 0 Å². The van der Waals surface area contributed by atoms with Crippen LogP contribution in [0.25, 0.3) is 11.4 Å². The van der Waals surface area contributed by atoms with Crippen LogP contribution < -0.4 is 5.32 Å². The van der Waals surface area contributed by atoms with E-state index in [4.69, 9.17) is 12.2 Å². The fourth-order valence-corrected chi connectivity index (χ4v) is 5.22. The van der Waals surface area contributed by atoms with Crippen LogP contribution >= 0.6 is 12.2 Å². The van der Waals surface area contributed by atoms with Crippen LogP contribution in [-0.2, 0) is 11.3 Å². The molecule has 2 aliphatic rings. The number of hydrogen-bond donors (Lipinski definition) is 2. The molecule has 1 heterocycles. The van der Waals surface area contributed by atoms with Crippen LogP contribution in [0.1, 0.15) is 44.6 Å². The van der Waals surface area contributed by atoms with E-state index in [9.17, 15) is 4.79 Å². The van der Waals surface area contributed by atoms with E-state index in [1.54, 1.807) is 0 Å². The Labute approximate surface area is 165 Å². The van der Waals surface area contributed by atoms with Crippen molar-refractivity contribution in [1.29, 1.82) is 0 Å². The highest BCUT2D eigenvalue weighted by Gasteiger charge is 2.42. The lowest BCUT2D eigenvalue weighted by Gasteiger charge is -2.28. The Morgan fingerprint density at radius 3 is 2.78 bits per heavy atom. The van der Waals surface area contributed by atoms with Gasteiger partial charge in [0.25, 0.3) is 0 Å². The topological polar surface area (TPSA) is 62.7 Å². The molecule has 0 radical (unpaired) electrons. The molecule has 1 aromatic heterocycles. The minimum Gasteiger partial charge on any atom is -0.353 e. The third-order valence-corrected chi connectivity index (χ3v) is 6.77. The van der Waals surface area contributed by atoms with Gasteiger partial charge in [-0.05, 0) is 63.1 Å². The lowest BCUT2D eigenvalue weighted by molar-refractivity contribution is -0.122. The van der Waals surface area contributed by atoms with Crippen LogP contribution in [0, 0.1) is 29.4 Å². The number of aryl methyl sites for hydroxylation is 1. The Bertz CT molecular complexity index is 869. The number of rotatable bonds is 6. The van der Waals surface area contributed by atoms with E-state index in [2.05, 4.69) is 41.5 Å². The van der Waals surface area contributed by atoms with E-state index in [-0.39, 0.29) is 11.9 Å². The molecule has 0 saturated heterocycles. The summed E-state index contributed by atoms with van der Waals surface area (Å²) in [5.74, 6) is 3.27. The fourth-order valence-electron chi connectivity index (χ4n) is 5.00. The van der Waals surface area contributed by atoms with Crippen LogP contribution in [0.15, 0.2) is 24.3 Å². The summed E-state index contributed by atoms with van der Waals surface area (Å²) in [4.78, 5) is 12.5. The van der Waals surface area contributed by atoms with Gasteiger partial charge in [-0.15, -0.1) is 0 Å². The second-order valence-electron chi connectivity index (χ2n) is 8.31. The summed E-state index contributed by atoms with van der Waals surface area (Å²) in [6.45, 7) is 4.76. The molecule has 2 fully saturated rings. The molecule has 2 aromatic rings. The number of fused-ring (bicyclic) bond motifs is 2. The van der Waals surface area contributed by atoms with Crippen molar-refractivity contribution in [3.05, 3.63) is 34.6 Å². The van der Waals surface area contributed by atoms with Crippen molar-refractivity contribution in [2.45, 2.75) is 58.5 Å². The number of nitrogens with one attached hydrogen (secondary N) is 2. The molecule has 0 spiro atoms. The number of carbonyl (C=O) groups is 1. The second-order valence-corrected chi connectivity index (χ2v) is 8.70. The largest absolute Gasteiger partial charge is 0.353 e. The van der Waals surface area contributed by atoms with Crippen molar-refractivity contribution >= 4 is 18.1 Å². The molecular weight excluding hydrogens is 356 g/mol. The molecule has 1 aromatic carbocycles. The van der Waals surface area contributed by atoms with Gasteiger partial charge in [-0.2, -0.15) is 5.10 Å². The summed E-state index contributed by atoms with van der Waals surface area (Å²) in [7, 11) is 0. The molecule has 5 nitrogen and oxygen atoms in total. The van der Waals surface area contributed by atoms with Gasteiger partial charge in [0.1, 0.15) is 0 Å². The van der Waals surface area contributed by atoms with E-state index in [1.807, 2.05) is 16.7 Å². The molecule has 2 saturated carbocycles. The highest BCUT2D eigenvalue weighted by molar-refractivity contribution is 7.71. The maximum atomic E-state index is 12.5. The monoisotopic (exact) mass is 384 g/mol. The molecule has 144 valence electrons. The predicted molar refractivity (Wildman–Crippen MR) is 109 cm³/mol. The second kappa shape index (κ2) is 7.58. The maximum Gasteiger partial charge on any atom is 0.222 e. The SMILES string of the molecule is Cc1ccc(-c2n[nH]c(=S)n2CCC(=O)N[C@@H](C)[C@@H]2C[C@H]3CC[C@H]2C3)cc1. The molecule has 1 amide bonds. The molecule has 2 N–H and O–H groups in total.